The van der Waals surface area contributed by atoms with E-state index in [1.54, 1.807) is 18.2 Å². The molecule has 6 nitrogen and oxygen atoms in total. The summed E-state index contributed by atoms with van der Waals surface area (Å²) >= 11 is 0. The lowest BCUT2D eigenvalue weighted by Crippen LogP contribution is -2.24. The lowest BCUT2D eigenvalue weighted by molar-refractivity contribution is 0.204. The highest BCUT2D eigenvalue weighted by Crippen LogP contribution is 2.22. The topological polar surface area (TPSA) is 79.5 Å². The highest BCUT2D eigenvalue weighted by atomic mass is 16.5. The molecule has 2 rings (SSSR count). The molecule has 0 bridgehead atoms. The Labute approximate surface area is 91.1 Å². The smallest absolute Gasteiger partial charge is 0.419 e. The number of carboxylic acid groups (broad SMARTS) is 1. The van der Waals surface area contributed by atoms with Crippen molar-refractivity contribution in [2.75, 3.05) is 4.90 Å². The molecule has 0 aliphatic carbocycles. The van der Waals surface area contributed by atoms with Gasteiger partial charge in [0.2, 0.25) is 6.39 Å². The maximum absolute atomic E-state index is 11.1. The Bertz CT molecular complexity index is 496. The van der Waals surface area contributed by atoms with Crippen molar-refractivity contribution in [2.45, 2.75) is 6.92 Å². The molecule has 0 unspecified atom stereocenters. The monoisotopic (exact) mass is 219 g/mol. The van der Waals surface area contributed by atoms with Gasteiger partial charge < -0.3 is 9.63 Å². The van der Waals surface area contributed by atoms with E-state index >= 15 is 0 Å². The van der Waals surface area contributed by atoms with Crippen LogP contribution < -0.4 is 4.90 Å². The predicted molar refractivity (Wildman–Crippen MR) is 55.6 cm³/mol. The first-order valence-electron chi connectivity index (χ1n) is 4.54. The van der Waals surface area contributed by atoms with Crippen LogP contribution in [0.5, 0.6) is 0 Å². The molecular weight excluding hydrogens is 210 g/mol. The summed E-state index contributed by atoms with van der Waals surface area (Å²) in [6.07, 6.45) is -0.0758. The molecule has 1 amide bonds. The molecule has 6 heteroatoms. The summed E-state index contributed by atoms with van der Waals surface area (Å²) in [5, 5.41) is 12.6. The molecule has 82 valence electrons. The number of amides is 1. The van der Waals surface area contributed by atoms with Crippen LogP contribution in [0.3, 0.4) is 0 Å². The second-order valence-electron chi connectivity index (χ2n) is 3.19. The maximum atomic E-state index is 11.1. The fourth-order valence-corrected chi connectivity index (χ4v) is 1.34. The molecule has 0 fully saturated rings. The summed E-state index contributed by atoms with van der Waals surface area (Å²) in [6, 6.07) is 7.03. The van der Waals surface area contributed by atoms with Gasteiger partial charge in [0.05, 0.1) is 5.69 Å². The van der Waals surface area contributed by atoms with E-state index in [1.165, 1.54) is 0 Å². The third-order valence-corrected chi connectivity index (χ3v) is 2.00. The molecule has 1 N–H and O–H groups in total. The normalized spacial score (nSPS) is 10.1. The number of aromatic nitrogens is 2. The standard InChI is InChI=1S/C10H9N3O3/c1-7-3-2-4-8(5-7)13(10(14)15)9-11-6-16-12-9/h2-6H,1H3,(H,14,15). The van der Waals surface area contributed by atoms with Gasteiger partial charge in [0, 0.05) is 0 Å². The highest BCUT2D eigenvalue weighted by molar-refractivity contribution is 5.92. The average molecular weight is 219 g/mol. The van der Waals surface area contributed by atoms with Crippen LogP contribution in [0.4, 0.5) is 16.4 Å². The van der Waals surface area contributed by atoms with Crippen LogP contribution >= 0.6 is 0 Å². The third kappa shape index (κ3) is 1.85. The summed E-state index contributed by atoms with van der Waals surface area (Å²) in [5.41, 5.74) is 1.43. The van der Waals surface area contributed by atoms with Gasteiger partial charge in [-0.15, -0.1) is 0 Å². The molecule has 0 atom stereocenters. The number of carbonyl (C=O) groups is 1. The minimum absolute atomic E-state index is 0.00176. The Morgan fingerprint density at radius 2 is 2.31 bits per heavy atom. The number of nitrogens with zero attached hydrogens (tertiary/aromatic N) is 3. The second-order valence-corrected chi connectivity index (χ2v) is 3.19. The maximum Gasteiger partial charge on any atom is 0.419 e. The quantitative estimate of drug-likeness (QED) is 0.837. The number of anilines is 2. The van der Waals surface area contributed by atoms with E-state index in [2.05, 4.69) is 14.7 Å². The Kier molecular flexibility index (Phi) is 2.55. The molecule has 2 aromatic rings. The van der Waals surface area contributed by atoms with Crippen LogP contribution in [-0.2, 0) is 0 Å². The Morgan fingerprint density at radius 3 is 2.88 bits per heavy atom. The highest BCUT2D eigenvalue weighted by Gasteiger charge is 2.20. The molecule has 0 saturated heterocycles. The first kappa shape index (κ1) is 10.2. The third-order valence-electron chi connectivity index (χ3n) is 2.00. The minimum atomic E-state index is -1.16. The van der Waals surface area contributed by atoms with E-state index in [9.17, 15) is 4.79 Å². The molecule has 0 aliphatic heterocycles. The summed E-state index contributed by atoms with van der Waals surface area (Å²) in [7, 11) is 0. The number of rotatable bonds is 2. The van der Waals surface area contributed by atoms with Crippen molar-refractivity contribution in [3.05, 3.63) is 36.2 Å². The molecule has 0 aliphatic rings. The second kappa shape index (κ2) is 4.01. The van der Waals surface area contributed by atoms with Gasteiger partial charge in [-0.25, -0.2) is 9.69 Å². The zero-order valence-corrected chi connectivity index (χ0v) is 8.49. The van der Waals surface area contributed by atoms with E-state index in [0.717, 1.165) is 16.9 Å². The Balaban J connectivity index is 2.45. The fourth-order valence-electron chi connectivity index (χ4n) is 1.34. The molecule has 0 spiro atoms. The first-order valence-corrected chi connectivity index (χ1v) is 4.54. The van der Waals surface area contributed by atoms with Crippen LogP contribution in [0, 0.1) is 6.92 Å². The van der Waals surface area contributed by atoms with Gasteiger partial charge in [0.1, 0.15) is 0 Å². The summed E-state index contributed by atoms with van der Waals surface area (Å²) in [5.74, 6) is -0.00176. The average Bonchev–Trinajstić information content (AvgIpc) is 2.71. The van der Waals surface area contributed by atoms with Gasteiger partial charge in [0.15, 0.2) is 0 Å². The minimum Gasteiger partial charge on any atom is -0.464 e. The molecule has 16 heavy (non-hydrogen) atoms. The van der Waals surface area contributed by atoms with Gasteiger partial charge >= 0.3 is 6.09 Å². The van der Waals surface area contributed by atoms with Gasteiger partial charge in [-0.2, -0.15) is 4.98 Å². The van der Waals surface area contributed by atoms with Gasteiger partial charge in [-0.3, -0.25) is 0 Å². The number of hydrogen-bond acceptors (Lipinski definition) is 4. The van der Waals surface area contributed by atoms with Crippen LogP contribution in [0.25, 0.3) is 0 Å². The summed E-state index contributed by atoms with van der Waals surface area (Å²) in [4.78, 5) is 15.8. The van der Waals surface area contributed by atoms with Crippen LogP contribution in [0.2, 0.25) is 0 Å². The van der Waals surface area contributed by atoms with Gasteiger partial charge in [-0.05, 0) is 29.8 Å². The molecule has 0 saturated carbocycles. The molecule has 0 radical (unpaired) electrons. The largest absolute Gasteiger partial charge is 0.464 e. The van der Waals surface area contributed by atoms with Crippen LogP contribution in [0.1, 0.15) is 5.56 Å². The molecular formula is C10H9N3O3. The Hall–Kier alpha value is -2.37. The number of aryl methyl sites for hydroxylation is 1. The zero-order valence-electron chi connectivity index (χ0n) is 8.49. The van der Waals surface area contributed by atoms with Crippen molar-refractivity contribution >= 4 is 17.7 Å². The fraction of sp³-hybridized carbons (Fsp3) is 0.100. The number of hydrogen-bond donors (Lipinski definition) is 1. The van der Waals surface area contributed by atoms with E-state index in [4.69, 9.17) is 5.11 Å². The lowest BCUT2D eigenvalue weighted by atomic mass is 10.2. The van der Waals surface area contributed by atoms with Crippen LogP contribution in [0.15, 0.2) is 35.2 Å². The summed E-state index contributed by atoms with van der Waals surface area (Å²) < 4.78 is 4.53. The van der Waals surface area contributed by atoms with Gasteiger partial charge in [0.25, 0.3) is 5.95 Å². The van der Waals surface area contributed by atoms with Crippen molar-refractivity contribution in [3.63, 3.8) is 0 Å². The van der Waals surface area contributed by atoms with E-state index in [0.29, 0.717) is 5.69 Å². The van der Waals surface area contributed by atoms with Crippen molar-refractivity contribution in [1.29, 1.82) is 0 Å². The van der Waals surface area contributed by atoms with Crippen molar-refractivity contribution in [3.8, 4) is 0 Å². The molecule has 1 aromatic carbocycles. The van der Waals surface area contributed by atoms with E-state index in [-0.39, 0.29) is 5.95 Å². The molecule has 1 heterocycles. The van der Waals surface area contributed by atoms with Crippen molar-refractivity contribution in [2.24, 2.45) is 0 Å². The first-order chi connectivity index (χ1) is 7.68. The van der Waals surface area contributed by atoms with Crippen molar-refractivity contribution in [1.82, 2.24) is 10.1 Å². The van der Waals surface area contributed by atoms with Crippen LogP contribution in [-0.4, -0.2) is 21.3 Å². The predicted octanol–water partition coefficient (Wildman–Crippen LogP) is 2.19. The Morgan fingerprint density at radius 1 is 1.50 bits per heavy atom. The number of benzene rings is 1. The summed E-state index contributed by atoms with van der Waals surface area (Å²) in [6.45, 7) is 1.87. The van der Waals surface area contributed by atoms with Crippen molar-refractivity contribution < 1.29 is 14.4 Å². The van der Waals surface area contributed by atoms with Gasteiger partial charge in [-0.1, -0.05) is 12.1 Å². The SMILES string of the molecule is Cc1cccc(N(C(=O)O)c2ncon2)c1. The van der Waals surface area contributed by atoms with E-state index in [1.807, 2.05) is 13.0 Å². The zero-order chi connectivity index (χ0) is 11.5. The van der Waals surface area contributed by atoms with E-state index < -0.39 is 6.09 Å². The lowest BCUT2D eigenvalue weighted by Gasteiger charge is -2.14. The molecule has 1 aromatic heterocycles.